The summed E-state index contributed by atoms with van der Waals surface area (Å²) in [5.74, 6) is 2.26. The van der Waals surface area contributed by atoms with Crippen molar-refractivity contribution in [1.29, 1.82) is 0 Å². The van der Waals surface area contributed by atoms with Gasteiger partial charge in [0.1, 0.15) is 6.10 Å². The topological polar surface area (TPSA) is 92.3 Å². The number of para-hydroxylation sites is 2. The van der Waals surface area contributed by atoms with Crippen LogP contribution in [0.4, 0.5) is 0 Å². The lowest BCUT2D eigenvalue weighted by atomic mass is 10.3. The van der Waals surface area contributed by atoms with Crippen LogP contribution in [-0.4, -0.2) is 70.4 Å². The van der Waals surface area contributed by atoms with Crippen molar-refractivity contribution in [2.24, 2.45) is 4.99 Å². The number of sulfonamides is 1. The first-order valence-electron chi connectivity index (χ1n) is 9.26. The third kappa shape index (κ3) is 6.59. The number of aliphatic imine (C=N–C) groups is 1. The van der Waals surface area contributed by atoms with Crippen LogP contribution in [0, 0.1) is 0 Å². The van der Waals surface area contributed by atoms with Gasteiger partial charge in [-0.05, 0) is 32.4 Å². The van der Waals surface area contributed by atoms with Gasteiger partial charge in [-0.15, -0.1) is 0 Å². The third-order valence-corrected chi connectivity index (χ3v) is 6.06. The molecule has 1 heterocycles. The van der Waals surface area contributed by atoms with E-state index in [2.05, 4.69) is 15.6 Å². The molecule has 1 fully saturated rings. The van der Waals surface area contributed by atoms with Gasteiger partial charge in [0.15, 0.2) is 17.5 Å². The van der Waals surface area contributed by atoms with Crippen LogP contribution >= 0.6 is 0 Å². The molecule has 8 nitrogen and oxygen atoms in total. The van der Waals surface area contributed by atoms with E-state index in [-0.39, 0.29) is 11.9 Å². The molecule has 27 heavy (non-hydrogen) atoms. The molecular formula is C18H30N4O4S. The molecule has 1 aliphatic rings. The maximum absolute atomic E-state index is 11.8. The lowest BCUT2D eigenvalue weighted by Gasteiger charge is -2.18. The summed E-state index contributed by atoms with van der Waals surface area (Å²) in [6.07, 6.45) is 0.560. The first-order valence-corrected chi connectivity index (χ1v) is 10.9. The molecule has 0 bridgehead atoms. The minimum atomic E-state index is -3.06. The van der Waals surface area contributed by atoms with Gasteiger partial charge in [0, 0.05) is 26.2 Å². The van der Waals surface area contributed by atoms with Crippen LogP contribution < -0.4 is 20.1 Å². The monoisotopic (exact) mass is 398 g/mol. The Kier molecular flexibility index (Phi) is 8.18. The summed E-state index contributed by atoms with van der Waals surface area (Å²) < 4.78 is 36.4. The van der Waals surface area contributed by atoms with Crippen LogP contribution in [0.25, 0.3) is 0 Å². The fourth-order valence-corrected chi connectivity index (χ4v) is 4.30. The Morgan fingerprint density at radius 2 is 2.04 bits per heavy atom. The first kappa shape index (κ1) is 21.3. The number of ether oxygens (including phenoxy) is 2. The van der Waals surface area contributed by atoms with Gasteiger partial charge < -0.3 is 20.1 Å². The van der Waals surface area contributed by atoms with Gasteiger partial charge in [0.25, 0.3) is 0 Å². The fourth-order valence-electron chi connectivity index (χ4n) is 2.77. The predicted octanol–water partition coefficient (Wildman–Crippen LogP) is 1.05. The van der Waals surface area contributed by atoms with Gasteiger partial charge in [0.05, 0.1) is 19.4 Å². The molecule has 0 aliphatic carbocycles. The van der Waals surface area contributed by atoms with Crippen molar-refractivity contribution < 1.29 is 17.9 Å². The average Bonchev–Trinajstić information content (AvgIpc) is 2.98. The molecule has 2 rings (SSSR count). The van der Waals surface area contributed by atoms with Crippen LogP contribution in [0.1, 0.15) is 20.3 Å². The lowest BCUT2D eigenvalue weighted by molar-refractivity contribution is 0.219. The van der Waals surface area contributed by atoms with Crippen LogP contribution in [0.3, 0.4) is 0 Å². The highest BCUT2D eigenvalue weighted by Crippen LogP contribution is 2.26. The molecule has 2 N–H and O–H groups in total. The summed E-state index contributed by atoms with van der Waals surface area (Å²) >= 11 is 0. The zero-order valence-corrected chi connectivity index (χ0v) is 17.1. The summed E-state index contributed by atoms with van der Waals surface area (Å²) in [6, 6.07) is 7.50. The summed E-state index contributed by atoms with van der Waals surface area (Å²) in [5, 5.41) is 6.34. The Morgan fingerprint density at radius 1 is 1.30 bits per heavy atom. The summed E-state index contributed by atoms with van der Waals surface area (Å²) in [6.45, 7) is 6.65. The second kappa shape index (κ2) is 10.4. The lowest BCUT2D eigenvalue weighted by Crippen LogP contribution is -2.42. The van der Waals surface area contributed by atoms with Gasteiger partial charge in [-0.1, -0.05) is 12.1 Å². The molecule has 9 heteroatoms. The predicted molar refractivity (Wildman–Crippen MR) is 107 cm³/mol. The van der Waals surface area contributed by atoms with Gasteiger partial charge in [-0.25, -0.2) is 17.7 Å². The molecular weight excluding hydrogens is 368 g/mol. The third-order valence-electron chi connectivity index (χ3n) is 4.10. The van der Waals surface area contributed by atoms with Gasteiger partial charge in [-0.3, -0.25) is 0 Å². The molecule has 0 radical (unpaired) electrons. The van der Waals surface area contributed by atoms with E-state index >= 15 is 0 Å². The molecule has 0 aromatic heterocycles. The molecule has 1 atom stereocenters. The zero-order valence-electron chi connectivity index (χ0n) is 16.3. The number of nitrogens with zero attached hydrogens (tertiary/aromatic N) is 2. The van der Waals surface area contributed by atoms with E-state index in [9.17, 15) is 8.42 Å². The van der Waals surface area contributed by atoms with Crippen LogP contribution in [0.2, 0.25) is 0 Å². The van der Waals surface area contributed by atoms with Gasteiger partial charge in [0.2, 0.25) is 10.0 Å². The zero-order chi connectivity index (χ0) is 19.7. The Hall–Kier alpha value is -2.00. The number of hydrogen-bond donors (Lipinski definition) is 2. The maximum atomic E-state index is 11.8. The minimum absolute atomic E-state index is 0.143. The Bertz CT molecular complexity index is 724. The Labute approximate surface area is 162 Å². The maximum Gasteiger partial charge on any atom is 0.214 e. The number of hydrogen-bond acceptors (Lipinski definition) is 5. The molecule has 0 spiro atoms. The van der Waals surface area contributed by atoms with E-state index in [0.717, 1.165) is 6.54 Å². The molecule has 1 saturated heterocycles. The summed E-state index contributed by atoms with van der Waals surface area (Å²) in [4.78, 5) is 4.53. The standard InChI is InChI=1S/C18H30N4O4S/c1-4-19-18(20-10-12-22-11-7-13-27(22,23)24)21-14-15(2)26-17-9-6-5-8-16(17)25-3/h5-6,8-9,15H,4,7,10-14H2,1-3H3,(H2,19,20,21). The van der Waals surface area contributed by atoms with Gasteiger partial charge in [-0.2, -0.15) is 0 Å². The van der Waals surface area contributed by atoms with Crippen molar-refractivity contribution in [2.75, 3.05) is 45.6 Å². The number of rotatable bonds is 9. The molecule has 152 valence electrons. The van der Waals surface area contributed by atoms with Crippen molar-refractivity contribution in [2.45, 2.75) is 26.4 Å². The van der Waals surface area contributed by atoms with E-state index in [0.29, 0.717) is 50.1 Å². The Morgan fingerprint density at radius 3 is 2.67 bits per heavy atom. The van der Waals surface area contributed by atoms with E-state index in [4.69, 9.17) is 9.47 Å². The van der Waals surface area contributed by atoms with Crippen molar-refractivity contribution >= 4 is 16.0 Å². The summed E-state index contributed by atoms with van der Waals surface area (Å²) in [7, 11) is -1.45. The molecule has 1 aromatic carbocycles. The van der Waals surface area contributed by atoms with Crippen molar-refractivity contribution in [1.82, 2.24) is 14.9 Å². The van der Waals surface area contributed by atoms with Crippen molar-refractivity contribution in [3.63, 3.8) is 0 Å². The highest BCUT2D eigenvalue weighted by molar-refractivity contribution is 7.89. The Balaban J connectivity index is 1.84. The van der Waals surface area contributed by atoms with Crippen LogP contribution in [0.15, 0.2) is 29.3 Å². The largest absolute Gasteiger partial charge is 0.493 e. The van der Waals surface area contributed by atoms with Crippen LogP contribution in [-0.2, 0) is 10.0 Å². The highest BCUT2D eigenvalue weighted by Gasteiger charge is 2.27. The number of guanidine groups is 1. The number of methoxy groups -OCH3 is 1. The summed E-state index contributed by atoms with van der Waals surface area (Å²) in [5.41, 5.74) is 0. The quantitative estimate of drug-likeness (QED) is 0.477. The number of benzene rings is 1. The second-order valence-electron chi connectivity index (χ2n) is 6.29. The minimum Gasteiger partial charge on any atom is -0.493 e. The molecule has 1 unspecified atom stereocenters. The number of nitrogens with one attached hydrogen (secondary N) is 2. The molecule has 1 aromatic rings. The first-order chi connectivity index (χ1) is 13.0. The highest BCUT2D eigenvalue weighted by atomic mass is 32.2. The normalized spacial score (nSPS) is 18.1. The smallest absolute Gasteiger partial charge is 0.214 e. The molecule has 1 aliphatic heterocycles. The van der Waals surface area contributed by atoms with E-state index in [1.54, 1.807) is 7.11 Å². The molecule has 0 saturated carbocycles. The van der Waals surface area contributed by atoms with E-state index < -0.39 is 10.0 Å². The van der Waals surface area contributed by atoms with Crippen LogP contribution in [0.5, 0.6) is 11.5 Å². The average molecular weight is 399 g/mol. The van der Waals surface area contributed by atoms with Gasteiger partial charge >= 0.3 is 0 Å². The fraction of sp³-hybridized carbons (Fsp3) is 0.611. The van der Waals surface area contributed by atoms with Crippen molar-refractivity contribution in [3.8, 4) is 11.5 Å². The molecule has 0 amide bonds. The van der Waals surface area contributed by atoms with Crippen molar-refractivity contribution in [3.05, 3.63) is 24.3 Å². The van der Waals surface area contributed by atoms with E-state index in [1.165, 1.54) is 4.31 Å². The van der Waals surface area contributed by atoms with E-state index in [1.807, 2.05) is 38.1 Å². The SMILES string of the molecule is CCNC(=NCC(C)Oc1ccccc1OC)NCCN1CCCS1(=O)=O. The second-order valence-corrected chi connectivity index (χ2v) is 8.38.